The Bertz CT molecular complexity index is 76.7. The second-order valence-corrected chi connectivity index (χ2v) is 7.99. The molecule has 0 radical (unpaired) electrons. The molecule has 0 aliphatic rings. The normalized spacial score (nSPS) is 12.6. The van der Waals surface area contributed by atoms with E-state index in [1.807, 2.05) is 0 Å². The van der Waals surface area contributed by atoms with Crippen molar-refractivity contribution in [2.45, 2.75) is 39.0 Å². The summed E-state index contributed by atoms with van der Waals surface area (Å²) in [5.41, 5.74) is 1.19. The van der Waals surface area contributed by atoms with Gasteiger partial charge in [-0.05, 0) is 31.4 Å². The summed E-state index contributed by atoms with van der Waals surface area (Å²) in [6, 6.07) is 0. The van der Waals surface area contributed by atoms with Crippen molar-refractivity contribution in [1.29, 1.82) is 0 Å². The van der Waals surface area contributed by atoms with Gasteiger partial charge < -0.3 is 0 Å². The SMILES string of the molecule is CC(C)[PH+](C(C)C)N(Cl)Cl. The molecule has 0 amide bonds. The molecule has 0 unspecified atom stereocenters. The van der Waals surface area contributed by atoms with E-state index in [4.69, 9.17) is 23.6 Å². The smallest absolute Gasteiger partial charge is 0.0270 e. The summed E-state index contributed by atoms with van der Waals surface area (Å²) < 4.78 is 1.36. The Morgan fingerprint density at radius 2 is 1.30 bits per heavy atom. The molecule has 0 bridgehead atoms. The van der Waals surface area contributed by atoms with Crippen molar-refractivity contribution >= 4 is 31.6 Å². The van der Waals surface area contributed by atoms with Gasteiger partial charge in [0, 0.05) is 23.6 Å². The Morgan fingerprint density at radius 3 is 1.30 bits per heavy atom. The highest BCUT2D eigenvalue weighted by atomic mass is 35.5. The summed E-state index contributed by atoms with van der Waals surface area (Å²) in [6.07, 6.45) is 0. The molecular weight excluding hydrogens is 188 g/mol. The number of rotatable bonds is 3. The molecule has 4 heteroatoms. The lowest BCUT2D eigenvalue weighted by Gasteiger charge is -2.18. The number of hydrogen-bond acceptors (Lipinski definition) is 1. The first-order valence-electron chi connectivity index (χ1n) is 3.45. The standard InChI is InChI=1S/C6H14Cl2NP/c1-5(2)10(6(3)4)9(7)8/h5-6H,1-4H3/p+1. The molecule has 0 saturated carbocycles. The fourth-order valence-electron chi connectivity index (χ4n) is 1.06. The van der Waals surface area contributed by atoms with Gasteiger partial charge >= 0.3 is 0 Å². The lowest BCUT2D eigenvalue weighted by Crippen LogP contribution is -2.09. The molecule has 0 aromatic heterocycles. The number of nitrogens with zero attached hydrogens (tertiary/aromatic N) is 1. The maximum Gasteiger partial charge on any atom is 0.112 e. The highest BCUT2D eigenvalue weighted by molar-refractivity contribution is 7.59. The molecule has 0 aliphatic carbocycles. The molecule has 0 spiro atoms. The Hall–Kier alpha value is 0.970. The van der Waals surface area contributed by atoms with Gasteiger partial charge in [0.25, 0.3) is 0 Å². The van der Waals surface area contributed by atoms with Crippen molar-refractivity contribution in [1.82, 2.24) is 3.71 Å². The summed E-state index contributed by atoms with van der Waals surface area (Å²) in [6.45, 7) is 8.64. The van der Waals surface area contributed by atoms with Gasteiger partial charge in [0.2, 0.25) is 0 Å². The number of hydrogen-bond donors (Lipinski definition) is 0. The predicted octanol–water partition coefficient (Wildman–Crippen LogP) is 3.54. The van der Waals surface area contributed by atoms with Crippen LogP contribution >= 0.6 is 31.6 Å². The molecule has 0 aliphatic heterocycles. The molecule has 0 rings (SSSR count). The van der Waals surface area contributed by atoms with Crippen LogP contribution in [0, 0.1) is 0 Å². The zero-order valence-electron chi connectivity index (χ0n) is 6.86. The van der Waals surface area contributed by atoms with Crippen LogP contribution < -0.4 is 0 Å². The molecule has 10 heavy (non-hydrogen) atoms. The third-order valence-electron chi connectivity index (χ3n) is 1.38. The lowest BCUT2D eigenvalue weighted by molar-refractivity contribution is 0.943. The minimum absolute atomic E-state index is 0.597. The zero-order chi connectivity index (χ0) is 8.31. The molecular formula is C6H15Cl2NP+. The third kappa shape index (κ3) is 3.39. The Balaban J connectivity index is 3.98. The summed E-state index contributed by atoms with van der Waals surface area (Å²) in [7, 11) is -0.731. The summed E-state index contributed by atoms with van der Waals surface area (Å²) in [5, 5.41) is 0. The van der Waals surface area contributed by atoms with E-state index in [0.29, 0.717) is 11.3 Å². The van der Waals surface area contributed by atoms with Crippen LogP contribution in [0.25, 0.3) is 0 Å². The molecule has 0 N–H and O–H groups in total. The minimum atomic E-state index is -0.731. The Labute approximate surface area is 74.7 Å². The topological polar surface area (TPSA) is 3.24 Å². The first kappa shape index (κ1) is 11.0. The largest absolute Gasteiger partial charge is 0.112 e. The fourth-order valence-corrected chi connectivity index (χ4v) is 5.51. The minimum Gasteiger partial charge on any atom is -0.0270 e. The summed E-state index contributed by atoms with van der Waals surface area (Å²) >= 11 is 11.4. The van der Waals surface area contributed by atoms with E-state index in [1.54, 1.807) is 0 Å². The van der Waals surface area contributed by atoms with Crippen molar-refractivity contribution in [2.75, 3.05) is 0 Å². The van der Waals surface area contributed by atoms with E-state index in [9.17, 15) is 0 Å². The monoisotopic (exact) mass is 202 g/mol. The van der Waals surface area contributed by atoms with Gasteiger partial charge in [0.1, 0.15) is 8.07 Å². The molecule has 0 saturated heterocycles. The van der Waals surface area contributed by atoms with Crippen LogP contribution in [0.15, 0.2) is 0 Å². The van der Waals surface area contributed by atoms with Gasteiger partial charge in [-0.25, -0.2) is 0 Å². The van der Waals surface area contributed by atoms with Gasteiger partial charge in [-0.1, -0.05) is 0 Å². The van der Waals surface area contributed by atoms with Gasteiger partial charge in [0.15, 0.2) is 0 Å². The second kappa shape index (κ2) is 4.77. The first-order valence-corrected chi connectivity index (χ1v) is 5.73. The van der Waals surface area contributed by atoms with Gasteiger partial charge in [-0.2, -0.15) is 0 Å². The molecule has 0 atom stereocenters. The van der Waals surface area contributed by atoms with Crippen LogP contribution in [0.1, 0.15) is 27.7 Å². The lowest BCUT2D eigenvalue weighted by atomic mass is 10.5. The van der Waals surface area contributed by atoms with Crippen LogP contribution in [0.2, 0.25) is 0 Å². The van der Waals surface area contributed by atoms with Crippen molar-refractivity contribution < 1.29 is 0 Å². The molecule has 0 heterocycles. The molecule has 0 fully saturated rings. The van der Waals surface area contributed by atoms with E-state index in [0.717, 1.165) is 0 Å². The third-order valence-corrected chi connectivity index (χ3v) is 5.31. The average Bonchev–Trinajstić information content (AvgIpc) is 1.59. The van der Waals surface area contributed by atoms with E-state index in [-0.39, 0.29) is 0 Å². The van der Waals surface area contributed by atoms with Gasteiger partial charge in [0.05, 0.1) is 11.3 Å². The van der Waals surface area contributed by atoms with Crippen LogP contribution in [0.4, 0.5) is 0 Å². The maximum atomic E-state index is 5.68. The van der Waals surface area contributed by atoms with E-state index < -0.39 is 8.07 Å². The second-order valence-electron chi connectivity index (χ2n) is 2.97. The van der Waals surface area contributed by atoms with E-state index >= 15 is 0 Å². The summed E-state index contributed by atoms with van der Waals surface area (Å²) in [4.78, 5) is 0. The Kier molecular flexibility index (Phi) is 5.23. The number of halogens is 2. The quantitative estimate of drug-likeness (QED) is 0.500. The van der Waals surface area contributed by atoms with Gasteiger partial charge in [-0.3, -0.25) is 0 Å². The zero-order valence-corrected chi connectivity index (χ0v) is 9.37. The van der Waals surface area contributed by atoms with E-state index in [1.165, 1.54) is 3.71 Å². The predicted molar refractivity (Wildman–Crippen MR) is 52.1 cm³/mol. The van der Waals surface area contributed by atoms with Crippen LogP contribution in [0.3, 0.4) is 0 Å². The van der Waals surface area contributed by atoms with Crippen LogP contribution in [0.5, 0.6) is 0 Å². The van der Waals surface area contributed by atoms with Crippen molar-refractivity contribution in [3.63, 3.8) is 0 Å². The van der Waals surface area contributed by atoms with Crippen LogP contribution in [-0.2, 0) is 0 Å². The van der Waals surface area contributed by atoms with Crippen molar-refractivity contribution in [3.05, 3.63) is 0 Å². The first-order chi connectivity index (χ1) is 4.46. The van der Waals surface area contributed by atoms with Crippen molar-refractivity contribution in [3.8, 4) is 0 Å². The molecule has 0 aromatic carbocycles. The average molecular weight is 203 g/mol. The van der Waals surface area contributed by atoms with E-state index in [2.05, 4.69) is 27.7 Å². The van der Waals surface area contributed by atoms with Crippen LogP contribution in [-0.4, -0.2) is 15.0 Å². The fraction of sp³-hybridized carbons (Fsp3) is 1.00. The molecule has 1 nitrogen and oxygen atoms in total. The Morgan fingerprint density at radius 1 is 1.00 bits per heavy atom. The molecule has 62 valence electrons. The highest BCUT2D eigenvalue weighted by Crippen LogP contribution is 2.51. The van der Waals surface area contributed by atoms with Gasteiger partial charge in [-0.15, -0.1) is 0 Å². The summed E-state index contributed by atoms with van der Waals surface area (Å²) in [5.74, 6) is 0. The highest BCUT2D eigenvalue weighted by Gasteiger charge is 2.30. The van der Waals surface area contributed by atoms with Crippen molar-refractivity contribution in [2.24, 2.45) is 0 Å². The molecule has 0 aromatic rings. The maximum absolute atomic E-state index is 5.68.